The molecule has 2 heteroatoms. The first kappa shape index (κ1) is 25.0. The molecule has 0 heterocycles. The first-order valence-electron chi connectivity index (χ1n) is 12.5. The van der Waals surface area contributed by atoms with Gasteiger partial charge in [-0.3, -0.25) is 0 Å². The van der Waals surface area contributed by atoms with Crippen LogP contribution in [0.3, 0.4) is 0 Å². The minimum absolute atomic E-state index is 0.00856. The van der Waals surface area contributed by atoms with Gasteiger partial charge in [0.2, 0.25) is 0 Å². The predicted octanol–water partition coefficient (Wildman–Crippen LogP) is 7.41. The SMILES string of the molecule is CCCCCCCCCCCCCC1(CO)CCCCCCCCC1CO. The molecule has 162 valence electrons. The summed E-state index contributed by atoms with van der Waals surface area (Å²) in [6.07, 6.45) is 26.2. The summed E-state index contributed by atoms with van der Waals surface area (Å²) in [5, 5.41) is 20.3. The molecular weight excluding hydrogens is 332 g/mol. The minimum Gasteiger partial charge on any atom is -0.396 e. The van der Waals surface area contributed by atoms with Gasteiger partial charge < -0.3 is 10.2 Å². The Morgan fingerprint density at radius 2 is 1.19 bits per heavy atom. The molecule has 2 nitrogen and oxygen atoms in total. The molecule has 0 aromatic carbocycles. The number of unbranched alkanes of at least 4 members (excludes halogenated alkanes) is 10. The molecule has 2 N–H and O–H groups in total. The first-order valence-corrected chi connectivity index (χ1v) is 12.5. The molecule has 1 rings (SSSR count). The highest BCUT2D eigenvalue weighted by atomic mass is 16.3. The Hall–Kier alpha value is -0.0800. The maximum atomic E-state index is 10.3. The number of rotatable bonds is 14. The Balaban J connectivity index is 2.24. The molecule has 1 aliphatic carbocycles. The van der Waals surface area contributed by atoms with Crippen molar-refractivity contribution < 1.29 is 10.2 Å². The van der Waals surface area contributed by atoms with Gasteiger partial charge in [-0.2, -0.15) is 0 Å². The van der Waals surface area contributed by atoms with Crippen molar-refractivity contribution in [2.24, 2.45) is 11.3 Å². The molecule has 0 bridgehead atoms. The Labute approximate surface area is 170 Å². The molecule has 0 aromatic rings. The van der Waals surface area contributed by atoms with Crippen LogP contribution in [0.1, 0.15) is 135 Å². The van der Waals surface area contributed by atoms with Crippen molar-refractivity contribution in [2.75, 3.05) is 13.2 Å². The van der Waals surface area contributed by atoms with Gasteiger partial charge in [0, 0.05) is 13.2 Å². The zero-order valence-corrected chi connectivity index (χ0v) is 18.5. The Bertz CT molecular complexity index is 317. The molecule has 1 saturated carbocycles. The molecule has 0 amide bonds. The topological polar surface area (TPSA) is 40.5 Å². The molecule has 0 saturated heterocycles. The van der Waals surface area contributed by atoms with Crippen LogP contribution in [0.5, 0.6) is 0 Å². The average Bonchev–Trinajstić information content (AvgIpc) is 2.70. The molecule has 2 atom stereocenters. The van der Waals surface area contributed by atoms with E-state index >= 15 is 0 Å². The lowest BCUT2D eigenvalue weighted by molar-refractivity contribution is 0.00163. The van der Waals surface area contributed by atoms with Gasteiger partial charge in [0.1, 0.15) is 0 Å². The molecular formula is C25H50O2. The van der Waals surface area contributed by atoms with Gasteiger partial charge in [0.05, 0.1) is 0 Å². The van der Waals surface area contributed by atoms with E-state index in [0.29, 0.717) is 5.92 Å². The first-order chi connectivity index (χ1) is 13.3. The minimum atomic E-state index is -0.00856. The van der Waals surface area contributed by atoms with Gasteiger partial charge in [-0.05, 0) is 30.6 Å². The van der Waals surface area contributed by atoms with Gasteiger partial charge in [-0.25, -0.2) is 0 Å². The van der Waals surface area contributed by atoms with Crippen LogP contribution in [0.2, 0.25) is 0 Å². The van der Waals surface area contributed by atoms with Gasteiger partial charge >= 0.3 is 0 Å². The summed E-state index contributed by atoms with van der Waals surface area (Å²) in [5.74, 6) is 0.309. The predicted molar refractivity (Wildman–Crippen MR) is 118 cm³/mol. The van der Waals surface area contributed by atoms with E-state index in [1.54, 1.807) is 0 Å². The molecule has 0 aliphatic heterocycles. The summed E-state index contributed by atoms with van der Waals surface area (Å²) < 4.78 is 0. The van der Waals surface area contributed by atoms with Crippen molar-refractivity contribution in [1.29, 1.82) is 0 Å². The van der Waals surface area contributed by atoms with E-state index in [1.807, 2.05) is 0 Å². The lowest BCUT2D eigenvalue weighted by Crippen LogP contribution is -2.37. The monoisotopic (exact) mass is 382 g/mol. The summed E-state index contributed by atoms with van der Waals surface area (Å²) in [4.78, 5) is 0. The van der Waals surface area contributed by atoms with E-state index in [4.69, 9.17) is 0 Å². The summed E-state index contributed by atoms with van der Waals surface area (Å²) in [6, 6.07) is 0. The number of hydrogen-bond acceptors (Lipinski definition) is 2. The maximum absolute atomic E-state index is 10.3. The van der Waals surface area contributed by atoms with Crippen molar-refractivity contribution in [1.82, 2.24) is 0 Å². The molecule has 27 heavy (non-hydrogen) atoms. The molecule has 2 unspecified atom stereocenters. The molecule has 0 spiro atoms. The van der Waals surface area contributed by atoms with E-state index in [1.165, 1.54) is 109 Å². The van der Waals surface area contributed by atoms with E-state index in [-0.39, 0.29) is 18.6 Å². The Kier molecular flexibility index (Phi) is 15.6. The number of aliphatic hydroxyl groups excluding tert-OH is 2. The van der Waals surface area contributed by atoms with Crippen LogP contribution in [0, 0.1) is 11.3 Å². The molecule has 0 aromatic heterocycles. The lowest BCUT2D eigenvalue weighted by Gasteiger charge is -2.40. The standard InChI is InChI=1S/C25H50O2/c1-2-3-4-5-6-7-8-9-11-14-17-20-25(23-27)21-18-15-12-10-13-16-19-24(25)22-26/h24,26-27H,2-23H2,1H3. The Morgan fingerprint density at radius 1 is 0.667 bits per heavy atom. The third-order valence-corrected chi connectivity index (χ3v) is 7.16. The number of hydrogen-bond donors (Lipinski definition) is 2. The second kappa shape index (κ2) is 16.8. The normalized spacial score (nSPS) is 24.8. The fourth-order valence-corrected chi connectivity index (χ4v) is 5.13. The van der Waals surface area contributed by atoms with Gasteiger partial charge in [-0.1, -0.05) is 116 Å². The zero-order valence-electron chi connectivity index (χ0n) is 18.5. The van der Waals surface area contributed by atoms with Gasteiger partial charge in [0.15, 0.2) is 0 Å². The third-order valence-electron chi connectivity index (χ3n) is 7.16. The van der Waals surface area contributed by atoms with Crippen LogP contribution in [-0.2, 0) is 0 Å². The van der Waals surface area contributed by atoms with Crippen LogP contribution >= 0.6 is 0 Å². The summed E-state index contributed by atoms with van der Waals surface area (Å²) in [7, 11) is 0. The zero-order chi connectivity index (χ0) is 19.6. The van der Waals surface area contributed by atoms with E-state index < -0.39 is 0 Å². The van der Waals surface area contributed by atoms with Gasteiger partial charge in [0.25, 0.3) is 0 Å². The van der Waals surface area contributed by atoms with Crippen LogP contribution < -0.4 is 0 Å². The molecule has 0 radical (unpaired) electrons. The smallest absolute Gasteiger partial charge is 0.0490 e. The summed E-state index contributed by atoms with van der Waals surface area (Å²) >= 11 is 0. The highest BCUT2D eigenvalue weighted by molar-refractivity contribution is 4.86. The quantitative estimate of drug-likeness (QED) is 0.307. The van der Waals surface area contributed by atoms with Crippen molar-refractivity contribution in [3.05, 3.63) is 0 Å². The van der Waals surface area contributed by atoms with Crippen LogP contribution in [-0.4, -0.2) is 23.4 Å². The van der Waals surface area contributed by atoms with Crippen molar-refractivity contribution in [2.45, 2.75) is 135 Å². The highest BCUT2D eigenvalue weighted by Gasteiger charge is 2.36. The van der Waals surface area contributed by atoms with E-state index in [2.05, 4.69) is 6.92 Å². The average molecular weight is 383 g/mol. The molecule has 1 aliphatic rings. The van der Waals surface area contributed by atoms with E-state index in [0.717, 1.165) is 19.3 Å². The highest BCUT2D eigenvalue weighted by Crippen LogP contribution is 2.42. The fourth-order valence-electron chi connectivity index (χ4n) is 5.13. The Morgan fingerprint density at radius 3 is 1.74 bits per heavy atom. The maximum Gasteiger partial charge on any atom is 0.0490 e. The second-order valence-electron chi connectivity index (χ2n) is 9.35. The van der Waals surface area contributed by atoms with Crippen LogP contribution in [0.25, 0.3) is 0 Å². The second-order valence-corrected chi connectivity index (χ2v) is 9.35. The van der Waals surface area contributed by atoms with Crippen LogP contribution in [0.4, 0.5) is 0 Å². The van der Waals surface area contributed by atoms with Crippen molar-refractivity contribution in [3.8, 4) is 0 Å². The van der Waals surface area contributed by atoms with Crippen molar-refractivity contribution in [3.63, 3.8) is 0 Å². The lowest BCUT2D eigenvalue weighted by atomic mass is 9.67. The van der Waals surface area contributed by atoms with Crippen molar-refractivity contribution >= 4 is 0 Å². The number of aliphatic hydroxyl groups is 2. The third kappa shape index (κ3) is 10.9. The van der Waals surface area contributed by atoms with Gasteiger partial charge in [-0.15, -0.1) is 0 Å². The summed E-state index contributed by atoms with van der Waals surface area (Å²) in [5.41, 5.74) is -0.00856. The summed E-state index contributed by atoms with van der Waals surface area (Å²) in [6.45, 7) is 2.82. The molecule has 1 fully saturated rings. The largest absolute Gasteiger partial charge is 0.396 e. The van der Waals surface area contributed by atoms with Crippen LogP contribution in [0.15, 0.2) is 0 Å². The van der Waals surface area contributed by atoms with E-state index in [9.17, 15) is 10.2 Å². The fraction of sp³-hybridized carbons (Fsp3) is 1.00.